The highest BCUT2D eigenvalue weighted by Gasteiger charge is 2.18. The number of H-pyrrole nitrogens is 1. The second-order valence-electron chi connectivity index (χ2n) is 7.81. The number of nitrogens with one attached hydrogen (secondary N) is 1. The minimum absolute atomic E-state index is 0.0160. The van der Waals surface area contributed by atoms with E-state index < -0.39 is 9.85 Å². The van der Waals surface area contributed by atoms with E-state index in [1.807, 2.05) is 36.4 Å². The molecule has 5 rings (SSSR count). The highest BCUT2D eigenvalue weighted by Crippen LogP contribution is 2.38. The standard InChI is InChI=1S/C26H18N4O5S/c1-35-21-12-6-16(7-13-21)22-14-15-23(36-22)26-27-24(17-2-8-19(9-3-17)29(31)32)25(28-26)18-4-10-20(11-5-18)30(33)34/h2-15H,1H3,(H,27,28). The molecular formula is C26H18N4O5S. The van der Waals surface area contributed by atoms with Gasteiger partial charge in [-0.25, -0.2) is 4.98 Å². The Morgan fingerprint density at radius 1 is 0.722 bits per heavy atom. The number of nitro groups is 2. The summed E-state index contributed by atoms with van der Waals surface area (Å²) in [5, 5.41) is 22.2. The van der Waals surface area contributed by atoms with Crippen LogP contribution in [0.15, 0.2) is 84.9 Å². The van der Waals surface area contributed by atoms with Gasteiger partial charge in [0, 0.05) is 40.3 Å². The third-order valence-corrected chi connectivity index (χ3v) is 6.78. The Morgan fingerprint density at radius 3 is 1.81 bits per heavy atom. The van der Waals surface area contributed by atoms with Gasteiger partial charge >= 0.3 is 0 Å². The molecule has 1 N–H and O–H groups in total. The van der Waals surface area contributed by atoms with Crippen LogP contribution in [-0.4, -0.2) is 26.9 Å². The molecule has 0 aliphatic heterocycles. The van der Waals surface area contributed by atoms with Gasteiger partial charge in [0.05, 0.1) is 33.2 Å². The Morgan fingerprint density at radius 2 is 1.25 bits per heavy atom. The van der Waals surface area contributed by atoms with Crippen LogP contribution in [0.3, 0.4) is 0 Å². The molecule has 0 spiro atoms. The number of benzene rings is 3. The molecule has 36 heavy (non-hydrogen) atoms. The summed E-state index contributed by atoms with van der Waals surface area (Å²) in [7, 11) is 1.63. The van der Waals surface area contributed by atoms with Crippen molar-refractivity contribution in [3.8, 4) is 49.4 Å². The molecule has 0 amide bonds. The van der Waals surface area contributed by atoms with Crippen LogP contribution in [0, 0.1) is 20.2 Å². The average Bonchev–Trinajstić information content (AvgIpc) is 3.57. The molecular weight excluding hydrogens is 480 g/mol. The number of hydrogen-bond donors (Lipinski definition) is 1. The predicted octanol–water partition coefficient (Wildman–Crippen LogP) is 6.96. The number of nitro benzene ring substituents is 2. The molecule has 178 valence electrons. The number of ether oxygens (including phenoxy) is 1. The fourth-order valence-corrected chi connectivity index (χ4v) is 4.73. The summed E-state index contributed by atoms with van der Waals surface area (Å²) < 4.78 is 5.23. The molecule has 0 unspecified atom stereocenters. The summed E-state index contributed by atoms with van der Waals surface area (Å²) in [5.74, 6) is 1.41. The van der Waals surface area contributed by atoms with Crippen LogP contribution < -0.4 is 4.74 Å². The Bertz CT molecular complexity index is 1480. The van der Waals surface area contributed by atoms with Gasteiger partial charge in [-0.2, -0.15) is 0 Å². The minimum atomic E-state index is -0.455. The normalized spacial score (nSPS) is 10.8. The Hall–Kier alpha value is -4.83. The number of rotatable bonds is 7. The number of methoxy groups -OCH3 is 1. The molecule has 0 bridgehead atoms. The molecule has 0 fully saturated rings. The van der Waals surface area contributed by atoms with E-state index in [2.05, 4.69) is 4.98 Å². The third-order valence-electron chi connectivity index (χ3n) is 5.64. The molecule has 0 aliphatic carbocycles. The van der Waals surface area contributed by atoms with Crippen LogP contribution in [-0.2, 0) is 0 Å². The van der Waals surface area contributed by atoms with Crippen molar-refractivity contribution in [3.63, 3.8) is 0 Å². The average molecular weight is 499 g/mol. The summed E-state index contributed by atoms with van der Waals surface area (Å²) in [6.07, 6.45) is 0. The summed E-state index contributed by atoms with van der Waals surface area (Å²) in [5.41, 5.74) is 3.65. The maximum absolute atomic E-state index is 11.1. The fourth-order valence-electron chi connectivity index (χ4n) is 3.77. The highest BCUT2D eigenvalue weighted by molar-refractivity contribution is 7.18. The van der Waals surface area contributed by atoms with Crippen molar-refractivity contribution in [2.75, 3.05) is 7.11 Å². The van der Waals surface area contributed by atoms with Crippen molar-refractivity contribution in [1.29, 1.82) is 0 Å². The van der Waals surface area contributed by atoms with Crippen LogP contribution in [0.1, 0.15) is 0 Å². The van der Waals surface area contributed by atoms with Gasteiger partial charge in [-0.15, -0.1) is 11.3 Å². The van der Waals surface area contributed by atoms with E-state index in [1.54, 1.807) is 42.7 Å². The van der Waals surface area contributed by atoms with E-state index in [1.165, 1.54) is 24.3 Å². The molecule has 10 heteroatoms. The number of aromatic nitrogens is 2. The SMILES string of the molecule is COc1ccc(-c2ccc(-c3nc(-c4ccc([N+](=O)[O-])cc4)c(-c4ccc([N+](=O)[O-])cc4)[nH]3)s2)cc1. The molecule has 0 saturated carbocycles. The summed E-state index contributed by atoms with van der Waals surface area (Å²) in [6, 6.07) is 24.1. The van der Waals surface area contributed by atoms with Crippen molar-refractivity contribution in [2.45, 2.75) is 0 Å². The zero-order valence-electron chi connectivity index (χ0n) is 18.9. The first-order valence-electron chi connectivity index (χ1n) is 10.8. The van der Waals surface area contributed by atoms with Crippen molar-refractivity contribution >= 4 is 22.7 Å². The van der Waals surface area contributed by atoms with E-state index in [0.29, 0.717) is 28.3 Å². The fraction of sp³-hybridized carbons (Fsp3) is 0.0385. The molecule has 2 aromatic heterocycles. The van der Waals surface area contributed by atoms with Crippen LogP contribution in [0.25, 0.3) is 43.7 Å². The molecule has 0 atom stereocenters. The van der Waals surface area contributed by atoms with Gasteiger partial charge in [0.2, 0.25) is 0 Å². The van der Waals surface area contributed by atoms with Crippen molar-refractivity contribution in [3.05, 3.63) is 105 Å². The van der Waals surface area contributed by atoms with Crippen LogP contribution in [0.4, 0.5) is 11.4 Å². The lowest BCUT2D eigenvalue weighted by atomic mass is 10.0. The van der Waals surface area contributed by atoms with E-state index in [0.717, 1.165) is 21.1 Å². The molecule has 2 heterocycles. The Balaban J connectivity index is 1.57. The highest BCUT2D eigenvalue weighted by atomic mass is 32.1. The van der Waals surface area contributed by atoms with Crippen molar-refractivity contribution in [2.24, 2.45) is 0 Å². The lowest BCUT2D eigenvalue weighted by Crippen LogP contribution is -1.89. The zero-order chi connectivity index (χ0) is 25.2. The van der Waals surface area contributed by atoms with Gasteiger partial charge in [0.25, 0.3) is 11.4 Å². The minimum Gasteiger partial charge on any atom is -0.497 e. The second-order valence-corrected chi connectivity index (χ2v) is 8.89. The van der Waals surface area contributed by atoms with E-state index in [-0.39, 0.29) is 11.4 Å². The summed E-state index contributed by atoms with van der Waals surface area (Å²) in [6.45, 7) is 0. The molecule has 0 radical (unpaired) electrons. The van der Waals surface area contributed by atoms with Crippen molar-refractivity contribution < 1.29 is 14.6 Å². The van der Waals surface area contributed by atoms with Gasteiger partial charge in [-0.05, 0) is 66.2 Å². The largest absolute Gasteiger partial charge is 0.497 e. The number of nitrogens with zero attached hydrogens (tertiary/aromatic N) is 3. The first kappa shape index (κ1) is 22.9. The Kier molecular flexibility index (Phi) is 6.01. The number of imidazole rings is 1. The van der Waals surface area contributed by atoms with E-state index in [4.69, 9.17) is 9.72 Å². The van der Waals surface area contributed by atoms with Crippen LogP contribution in [0.2, 0.25) is 0 Å². The molecule has 9 nitrogen and oxygen atoms in total. The zero-order valence-corrected chi connectivity index (χ0v) is 19.7. The van der Waals surface area contributed by atoms with Gasteiger partial charge in [-0.3, -0.25) is 20.2 Å². The smallest absolute Gasteiger partial charge is 0.269 e. The van der Waals surface area contributed by atoms with Gasteiger partial charge in [-0.1, -0.05) is 0 Å². The topological polar surface area (TPSA) is 124 Å². The summed E-state index contributed by atoms with van der Waals surface area (Å²) >= 11 is 1.56. The summed E-state index contributed by atoms with van der Waals surface area (Å²) in [4.78, 5) is 31.4. The molecule has 3 aromatic carbocycles. The second kappa shape index (κ2) is 9.43. The third kappa shape index (κ3) is 4.44. The quantitative estimate of drug-likeness (QED) is 0.191. The Labute approximate surface area is 209 Å². The number of thiophene rings is 1. The molecule has 0 saturated heterocycles. The van der Waals surface area contributed by atoms with Gasteiger partial charge < -0.3 is 9.72 Å². The number of non-ortho nitro benzene ring substituents is 2. The van der Waals surface area contributed by atoms with Crippen LogP contribution in [0.5, 0.6) is 5.75 Å². The molecule has 5 aromatic rings. The maximum atomic E-state index is 11.1. The van der Waals surface area contributed by atoms with E-state index in [9.17, 15) is 20.2 Å². The molecule has 0 aliphatic rings. The first-order chi connectivity index (χ1) is 17.4. The predicted molar refractivity (Wildman–Crippen MR) is 138 cm³/mol. The van der Waals surface area contributed by atoms with Crippen LogP contribution >= 0.6 is 11.3 Å². The van der Waals surface area contributed by atoms with Gasteiger partial charge in [0.1, 0.15) is 11.6 Å². The van der Waals surface area contributed by atoms with Crippen molar-refractivity contribution in [1.82, 2.24) is 9.97 Å². The lowest BCUT2D eigenvalue weighted by molar-refractivity contribution is -0.385. The first-order valence-corrected chi connectivity index (χ1v) is 11.6. The van der Waals surface area contributed by atoms with E-state index >= 15 is 0 Å². The monoisotopic (exact) mass is 498 g/mol. The lowest BCUT2D eigenvalue weighted by Gasteiger charge is -2.03. The number of aromatic amines is 1. The maximum Gasteiger partial charge on any atom is 0.269 e. The number of hydrogen-bond acceptors (Lipinski definition) is 7. The van der Waals surface area contributed by atoms with Gasteiger partial charge in [0.15, 0.2) is 0 Å².